The van der Waals surface area contributed by atoms with Gasteiger partial charge in [-0.1, -0.05) is 30.3 Å². The monoisotopic (exact) mass is 349 g/mol. The Bertz CT molecular complexity index is 721. The molecule has 0 aliphatic heterocycles. The number of hydrogen-bond acceptors (Lipinski definition) is 3. The van der Waals surface area contributed by atoms with E-state index in [0.29, 0.717) is 11.3 Å². The van der Waals surface area contributed by atoms with Gasteiger partial charge in [0.25, 0.3) is 0 Å². The van der Waals surface area contributed by atoms with E-state index in [4.69, 9.17) is 4.74 Å². The van der Waals surface area contributed by atoms with Gasteiger partial charge in [-0.25, -0.2) is 4.39 Å². The predicted molar refractivity (Wildman–Crippen MR) is 92.7 cm³/mol. The highest BCUT2D eigenvalue weighted by Gasteiger charge is 2.15. The molecule has 128 valence electrons. The minimum absolute atomic E-state index is 0.0636. The van der Waals surface area contributed by atoms with Crippen LogP contribution in [0.4, 0.5) is 4.39 Å². The van der Waals surface area contributed by atoms with Crippen molar-refractivity contribution in [2.75, 3.05) is 12.9 Å². The summed E-state index contributed by atoms with van der Waals surface area (Å²) in [6.45, 7) is 1.87. The van der Waals surface area contributed by atoms with Crippen LogP contribution >= 0.6 is 0 Å². The fourth-order valence-electron chi connectivity index (χ4n) is 2.34. The largest absolute Gasteiger partial charge is 0.496 e. The summed E-state index contributed by atoms with van der Waals surface area (Å²) in [4.78, 5) is 12.0. The molecule has 0 aliphatic carbocycles. The zero-order valence-electron chi connectivity index (χ0n) is 13.6. The van der Waals surface area contributed by atoms with Gasteiger partial charge in [-0.05, 0) is 30.7 Å². The van der Waals surface area contributed by atoms with E-state index in [9.17, 15) is 13.4 Å². The molecule has 6 heteroatoms. The third-order valence-corrected chi connectivity index (χ3v) is 4.75. The van der Waals surface area contributed by atoms with Gasteiger partial charge in [-0.3, -0.25) is 9.00 Å². The number of benzene rings is 2. The molecule has 0 saturated carbocycles. The highest BCUT2D eigenvalue weighted by Crippen LogP contribution is 2.21. The van der Waals surface area contributed by atoms with Crippen LogP contribution in [0.25, 0.3) is 0 Å². The van der Waals surface area contributed by atoms with E-state index >= 15 is 0 Å². The fraction of sp³-hybridized carbons (Fsp3) is 0.278. The van der Waals surface area contributed by atoms with Crippen LogP contribution < -0.4 is 10.1 Å². The van der Waals surface area contributed by atoms with E-state index in [-0.39, 0.29) is 23.5 Å². The second kappa shape index (κ2) is 8.59. The second-order valence-electron chi connectivity index (χ2n) is 5.38. The lowest BCUT2D eigenvalue weighted by Gasteiger charge is -2.14. The molecule has 1 amide bonds. The molecule has 0 aliphatic rings. The summed E-state index contributed by atoms with van der Waals surface area (Å²) in [5.41, 5.74) is 1.46. The third-order valence-electron chi connectivity index (χ3n) is 3.53. The lowest BCUT2D eigenvalue weighted by molar-refractivity contribution is -0.119. The van der Waals surface area contributed by atoms with Gasteiger partial charge in [0, 0.05) is 16.4 Å². The summed E-state index contributed by atoms with van der Waals surface area (Å²) in [6, 6.07) is 13.4. The van der Waals surface area contributed by atoms with Crippen LogP contribution in [0.3, 0.4) is 0 Å². The molecule has 0 spiro atoms. The van der Waals surface area contributed by atoms with Crippen molar-refractivity contribution in [3.63, 3.8) is 0 Å². The topological polar surface area (TPSA) is 55.4 Å². The lowest BCUT2D eigenvalue weighted by Crippen LogP contribution is -2.31. The molecule has 2 rings (SSSR count). The number of carbonyl (C=O) groups is 1. The van der Waals surface area contributed by atoms with Crippen molar-refractivity contribution < 1.29 is 18.1 Å². The summed E-state index contributed by atoms with van der Waals surface area (Å²) >= 11 is 0. The molecule has 2 aromatic carbocycles. The van der Waals surface area contributed by atoms with Crippen LogP contribution in [0, 0.1) is 5.82 Å². The van der Waals surface area contributed by atoms with Crippen LogP contribution in [-0.2, 0) is 21.3 Å². The van der Waals surface area contributed by atoms with E-state index in [1.54, 1.807) is 0 Å². The molecule has 4 nitrogen and oxygen atoms in total. The van der Waals surface area contributed by atoms with E-state index in [1.807, 2.05) is 37.3 Å². The van der Waals surface area contributed by atoms with E-state index in [0.717, 1.165) is 5.56 Å². The zero-order chi connectivity index (χ0) is 17.5. The number of nitrogens with one attached hydrogen (secondary N) is 1. The fourth-order valence-corrected chi connectivity index (χ4v) is 3.39. The number of carbonyl (C=O) groups excluding carboxylic acids is 1. The van der Waals surface area contributed by atoms with Gasteiger partial charge < -0.3 is 10.1 Å². The highest BCUT2D eigenvalue weighted by atomic mass is 32.2. The van der Waals surface area contributed by atoms with E-state index < -0.39 is 16.6 Å². The van der Waals surface area contributed by atoms with Crippen LogP contribution in [0.15, 0.2) is 48.5 Å². The Labute approximate surface area is 143 Å². The van der Waals surface area contributed by atoms with Crippen molar-refractivity contribution in [1.29, 1.82) is 0 Å². The van der Waals surface area contributed by atoms with Crippen molar-refractivity contribution in [1.82, 2.24) is 5.32 Å². The maximum atomic E-state index is 13.3. The van der Waals surface area contributed by atoms with Gasteiger partial charge in [0.2, 0.25) is 5.91 Å². The number of methoxy groups -OCH3 is 1. The Morgan fingerprint density at radius 2 is 1.96 bits per heavy atom. The molecule has 0 fully saturated rings. The molecule has 0 heterocycles. The first-order valence-electron chi connectivity index (χ1n) is 7.51. The Balaban J connectivity index is 1.92. The summed E-state index contributed by atoms with van der Waals surface area (Å²) in [5.74, 6) is -0.349. The number of rotatable bonds is 7. The quantitative estimate of drug-likeness (QED) is 0.836. The zero-order valence-corrected chi connectivity index (χ0v) is 14.4. The summed E-state index contributed by atoms with van der Waals surface area (Å²) < 4.78 is 30.6. The standard InChI is InChI=1S/C18H20FNO3S/c1-13(14-6-4-3-5-7-14)20-18(21)12-24(22)11-15-10-16(19)8-9-17(15)23-2/h3-10,13H,11-12H2,1-2H3,(H,20,21)/t13-,24+/m1/s1. The Morgan fingerprint density at radius 3 is 2.62 bits per heavy atom. The Kier molecular flexibility index (Phi) is 6.49. The number of halogens is 1. The van der Waals surface area contributed by atoms with Crippen LogP contribution in [0.2, 0.25) is 0 Å². The van der Waals surface area contributed by atoms with Crippen LogP contribution in [0.5, 0.6) is 5.75 Å². The number of ether oxygens (including phenoxy) is 1. The van der Waals surface area contributed by atoms with Crippen molar-refractivity contribution in [3.8, 4) is 5.75 Å². The van der Waals surface area contributed by atoms with Gasteiger partial charge in [0.1, 0.15) is 17.3 Å². The smallest absolute Gasteiger partial charge is 0.233 e. The molecular formula is C18H20FNO3S. The third kappa shape index (κ3) is 5.16. The second-order valence-corrected chi connectivity index (χ2v) is 6.84. The summed E-state index contributed by atoms with van der Waals surface area (Å²) in [5, 5.41) is 2.82. The maximum Gasteiger partial charge on any atom is 0.233 e. The molecule has 0 aromatic heterocycles. The SMILES string of the molecule is COc1ccc(F)cc1C[S@](=O)CC(=O)N[C@H](C)c1ccccc1. The molecule has 0 radical (unpaired) electrons. The Hall–Kier alpha value is -2.21. The molecular weight excluding hydrogens is 329 g/mol. The van der Waals surface area contributed by atoms with Crippen molar-refractivity contribution in [2.45, 2.75) is 18.7 Å². The predicted octanol–water partition coefficient (Wildman–Crippen LogP) is 2.96. The molecule has 0 saturated heterocycles. The summed E-state index contributed by atoms with van der Waals surface area (Å²) in [7, 11) is 0.0134. The summed E-state index contributed by atoms with van der Waals surface area (Å²) in [6.07, 6.45) is 0. The molecule has 24 heavy (non-hydrogen) atoms. The van der Waals surface area contributed by atoms with Gasteiger partial charge in [0.15, 0.2) is 0 Å². The lowest BCUT2D eigenvalue weighted by atomic mass is 10.1. The first-order chi connectivity index (χ1) is 11.5. The Morgan fingerprint density at radius 1 is 1.25 bits per heavy atom. The molecule has 0 unspecified atom stereocenters. The number of hydrogen-bond donors (Lipinski definition) is 1. The van der Waals surface area contributed by atoms with Crippen LogP contribution in [-0.4, -0.2) is 23.0 Å². The van der Waals surface area contributed by atoms with Crippen molar-refractivity contribution in [2.24, 2.45) is 0 Å². The van der Waals surface area contributed by atoms with E-state index in [1.165, 1.54) is 25.3 Å². The van der Waals surface area contributed by atoms with Crippen LogP contribution in [0.1, 0.15) is 24.1 Å². The van der Waals surface area contributed by atoms with Gasteiger partial charge in [0.05, 0.1) is 18.9 Å². The number of amides is 1. The first kappa shape index (κ1) is 18.1. The highest BCUT2D eigenvalue weighted by molar-refractivity contribution is 7.84. The minimum atomic E-state index is -1.45. The van der Waals surface area contributed by atoms with Gasteiger partial charge in [-0.15, -0.1) is 0 Å². The van der Waals surface area contributed by atoms with E-state index in [2.05, 4.69) is 5.32 Å². The van der Waals surface area contributed by atoms with Crippen molar-refractivity contribution in [3.05, 3.63) is 65.5 Å². The molecule has 2 aromatic rings. The normalized spacial score (nSPS) is 13.1. The van der Waals surface area contributed by atoms with Gasteiger partial charge in [-0.2, -0.15) is 0 Å². The molecule has 1 N–H and O–H groups in total. The average Bonchev–Trinajstić information content (AvgIpc) is 2.55. The molecule has 0 bridgehead atoms. The molecule has 2 atom stereocenters. The van der Waals surface area contributed by atoms with Gasteiger partial charge >= 0.3 is 0 Å². The minimum Gasteiger partial charge on any atom is -0.496 e. The first-order valence-corrected chi connectivity index (χ1v) is 9.00. The van der Waals surface area contributed by atoms with Crippen molar-refractivity contribution >= 4 is 16.7 Å². The average molecular weight is 349 g/mol. The maximum absolute atomic E-state index is 13.3.